The maximum atomic E-state index is 14.3. The van der Waals surface area contributed by atoms with Crippen molar-refractivity contribution >= 4 is 35.4 Å². The summed E-state index contributed by atoms with van der Waals surface area (Å²) in [6.07, 6.45) is 5.49. The normalized spacial score (nSPS) is 23.7. The van der Waals surface area contributed by atoms with Crippen LogP contribution in [-0.4, -0.2) is 95.6 Å². The Hall–Kier alpha value is -3.44. The van der Waals surface area contributed by atoms with Gasteiger partial charge >= 0.3 is 6.03 Å². The van der Waals surface area contributed by atoms with Crippen molar-refractivity contribution in [2.75, 3.05) is 26.2 Å². The van der Waals surface area contributed by atoms with E-state index in [1.54, 1.807) is 9.80 Å². The molecule has 2 heterocycles. The summed E-state index contributed by atoms with van der Waals surface area (Å²) < 4.78 is 0. The lowest BCUT2D eigenvalue weighted by Gasteiger charge is -2.38. The van der Waals surface area contributed by atoms with E-state index in [0.29, 0.717) is 38.9 Å². The van der Waals surface area contributed by atoms with Gasteiger partial charge in [-0.05, 0) is 47.8 Å². The van der Waals surface area contributed by atoms with E-state index in [4.69, 9.17) is 0 Å². The second kappa shape index (κ2) is 15.6. The molecule has 3 aliphatic rings. The molecule has 0 spiro atoms. The minimum Gasteiger partial charge on any atom is -0.346 e. The van der Waals surface area contributed by atoms with Crippen molar-refractivity contribution in [2.45, 2.75) is 118 Å². The van der Waals surface area contributed by atoms with E-state index < -0.39 is 47.2 Å². The van der Waals surface area contributed by atoms with E-state index in [1.165, 1.54) is 6.08 Å². The lowest BCUT2D eigenvalue weighted by atomic mass is 9.85. The Bertz CT molecular complexity index is 1210. The van der Waals surface area contributed by atoms with E-state index in [0.717, 1.165) is 19.3 Å². The molecule has 264 valence electrons. The molecule has 12 heteroatoms. The number of fused-ring (bicyclic) bond motifs is 1. The topological polar surface area (TPSA) is 157 Å². The number of carbonyl (C=O) groups is 6. The number of piperidine rings is 2. The van der Waals surface area contributed by atoms with Gasteiger partial charge in [0.2, 0.25) is 23.5 Å². The number of amides is 6. The van der Waals surface area contributed by atoms with Crippen LogP contribution in [0, 0.1) is 28.6 Å². The number of unbranched alkanes of at least 4 members (excludes halogenated alkanes) is 1. The average molecular weight is 659 g/mol. The number of nitrogens with zero attached hydrogens (tertiary/aromatic N) is 2. The fraction of sp³-hybridized carbons (Fsp3) is 0.771. The predicted octanol–water partition coefficient (Wildman–Crippen LogP) is 2.77. The molecule has 12 nitrogen and oxygen atoms in total. The van der Waals surface area contributed by atoms with Crippen LogP contribution in [0.25, 0.3) is 0 Å². The number of hydrogen-bond donors (Lipinski definition) is 4. The van der Waals surface area contributed by atoms with Crippen LogP contribution >= 0.6 is 0 Å². The van der Waals surface area contributed by atoms with Crippen molar-refractivity contribution < 1.29 is 28.8 Å². The van der Waals surface area contributed by atoms with Gasteiger partial charge < -0.3 is 31.1 Å². The maximum absolute atomic E-state index is 14.3. The Balaban J connectivity index is 1.79. The number of urea groups is 1. The van der Waals surface area contributed by atoms with E-state index in [-0.39, 0.29) is 47.6 Å². The largest absolute Gasteiger partial charge is 0.346 e. The summed E-state index contributed by atoms with van der Waals surface area (Å²) in [6.45, 7) is 20.7. The molecular formula is C35H58N6O6. The van der Waals surface area contributed by atoms with Gasteiger partial charge in [0.05, 0.1) is 12.1 Å². The van der Waals surface area contributed by atoms with Crippen molar-refractivity contribution in [1.29, 1.82) is 0 Å². The van der Waals surface area contributed by atoms with E-state index >= 15 is 0 Å². The molecule has 4 N–H and O–H groups in total. The third kappa shape index (κ3) is 9.13. The predicted molar refractivity (Wildman–Crippen MR) is 180 cm³/mol. The molecule has 3 fully saturated rings. The summed E-state index contributed by atoms with van der Waals surface area (Å²) in [5.41, 5.74) is -0.877. The van der Waals surface area contributed by atoms with Gasteiger partial charge in [-0.2, -0.15) is 0 Å². The van der Waals surface area contributed by atoms with Crippen LogP contribution in [0.2, 0.25) is 0 Å². The van der Waals surface area contributed by atoms with Gasteiger partial charge in [-0.1, -0.05) is 74.3 Å². The second-order valence-electron chi connectivity index (χ2n) is 15.5. The fourth-order valence-electron chi connectivity index (χ4n) is 7.03. The molecule has 1 saturated carbocycles. The van der Waals surface area contributed by atoms with E-state index in [9.17, 15) is 28.8 Å². The third-order valence-corrected chi connectivity index (χ3v) is 10.2. The molecule has 0 aromatic rings. The van der Waals surface area contributed by atoms with E-state index in [1.807, 2.05) is 41.5 Å². The van der Waals surface area contributed by atoms with Crippen molar-refractivity contribution in [3.05, 3.63) is 12.7 Å². The molecule has 0 radical (unpaired) electrons. The van der Waals surface area contributed by atoms with Crippen molar-refractivity contribution in [1.82, 2.24) is 31.1 Å². The summed E-state index contributed by atoms with van der Waals surface area (Å²) in [5.74, 6) is -2.26. The second-order valence-corrected chi connectivity index (χ2v) is 15.5. The van der Waals surface area contributed by atoms with Crippen molar-refractivity contribution in [2.24, 2.45) is 28.6 Å². The molecule has 0 aromatic carbocycles. The number of rotatable bonds is 15. The number of ketones is 1. The monoisotopic (exact) mass is 658 g/mol. The fourth-order valence-corrected chi connectivity index (χ4v) is 7.03. The van der Waals surface area contributed by atoms with Gasteiger partial charge in [0.25, 0.3) is 5.91 Å². The van der Waals surface area contributed by atoms with Gasteiger partial charge in [0.1, 0.15) is 12.1 Å². The van der Waals surface area contributed by atoms with Crippen molar-refractivity contribution in [3.63, 3.8) is 0 Å². The minimum absolute atomic E-state index is 0.0440. The Kier molecular flexibility index (Phi) is 12.6. The molecular weight excluding hydrogens is 600 g/mol. The molecule has 1 aliphatic carbocycles. The Morgan fingerprint density at radius 1 is 1.06 bits per heavy atom. The number of likely N-dealkylation sites (tertiary alicyclic amines) is 2. The number of Topliss-reactive ketones (excluding diaryl/α,β-unsaturated/α-hetero) is 1. The smallest absolute Gasteiger partial charge is 0.315 e. The first-order valence-corrected chi connectivity index (χ1v) is 17.3. The SMILES string of the molecule is C=CCNC(=O)C(=O)C(CCCC)NC(=O)[C@@H]1[C@@H]2[C@H](CN1C(=O)[C@@H](NC(=O)N[C@H](CN1CCCCC1=O)C(C)C)C(C)(C)C)C2(C)C. The standard InChI is InChI=1S/C35H58N6O6/c1-10-12-15-23(28(43)31(45)36-17-11-2)37-30(44)27-26-22(35(26,8)9)19-41(27)32(46)29(34(5,6)7)39-33(47)38-24(21(3)4)20-40-18-14-13-16-25(40)42/h11,21-24,26-27,29H,2,10,12-20H2,1,3-9H3,(H,36,45)(H,37,44)(H2,38,39,47)/t22-,23?,24+,26-,27-,29+/m0/s1. The summed E-state index contributed by atoms with van der Waals surface area (Å²) >= 11 is 0. The zero-order chi connectivity index (χ0) is 35.3. The minimum atomic E-state index is -1.02. The highest BCUT2D eigenvalue weighted by atomic mass is 16.2. The first-order chi connectivity index (χ1) is 21.9. The van der Waals surface area contributed by atoms with Gasteiger partial charge in [0, 0.05) is 32.6 Å². The summed E-state index contributed by atoms with van der Waals surface area (Å²) in [4.78, 5) is 83.1. The number of hydrogen-bond acceptors (Lipinski definition) is 6. The molecule has 2 saturated heterocycles. The molecule has 6 amide bonds. The van der Waals surface area contributed by atoms with Gasteiger partial charge in [-0.15, -0.1) is 6.58 Å². The highest BCUT2D eigenvalue weighted by molar-refractivity contribution is 6.38. The molecule has 0 bridgehead atoms. The zero-order valence-corrected chi connectivity index (χ0v) is 29.7. The van der Waals surface area contributed by atoms with Crippen molar-refractivity contribution in [3.8, 4) is 0 Å². The Labute approximate surface area is 280 Å². The lowest BCUT2D eigenvalue weighted by molar-refractivity contribution is -0.145. The highest BCUT2D eigenvalue weighted by Gasteiger charge is 2.70. The number of carbonyl (C=O) groups excluding carboxylic acids is 6. The van der Waals surface area contributed by atoms with Crippen LogP contribution in [-0.2, 0) is 24.0 Å². The lowest BCUT2D eigenvalue weighted by Crippen LogP contribution is -2.62. The molecule has 3 rings (SSSR count). The van der Waals surface area contributed by atoms with Crippen LogP contribution in [0.15, 0.2) is 12.7 Å². The Morgan fingerprint density at radius 3 is 2.32 bits per heavy atom. The van der Waals surface area contributed by atoms with Crippen LogP contribution < -0.4 is 21.3 Å². The maximum Gasteiger partial charge on any atom is 0.315 e. The van der Waals surface area contributed by atoms with Crippen LogP contribution in [0.4, 0.5) is 4.79 Å². The zero-order valence-electron chi connectivity index (χ0n) is 29.7. The molecule has 1 unspecified atom stereocenters. The van der Waals surface area contributed by atoms with Crippen LogP contribution in [0.5, 0.6) is 0 Å². The first kappa shape index (κ1) is 38.0. The van der Waals surface area contributed by atoms with Gasteiger partial charge in [-0.3, -0.25) is 24.0 Å². The molecule has 47 heavy (non-hydrogen) atoms. The van der Waals surface area contributed by atoms with E-state index in [2.05, 4.69) is 41.7 Å². The van der Waals surface area contributed by atoms with Gasteiger partial charge in [0.15, 0.2) is 0 Å². The molecule has 6 atom stereocenters. The quantitative estimate of drug-likeness (QED) is 0.157. The number of nitrogens with one attached hydrogen (secondary N) is 4. The third-order valence-electron chi connectivity index (χ3n) is 10.2. The summed E-state index contributed by atoms with van der Waals surface area (Å²) in [6, 6.07) is -3.65. The highest BCUT2D eigenvalue weighted by Crippen LogP contribution is 2.65. The summed E-state index contributed by atoms with van der Waals surface area (Å²) in [5, 5.41) is 11.2. The summed E-state index contributed by atoms with van der Waals surface area (Å²) in [7, 11) is 0. The van der Waals surface area contributed by atoms with Gasteiger partial charge in [-0.25, -0.2) is 4.79 Å². The molecule has 0 aromatic heterocycles. The Morgan fingerprint density at radius 2 is 1.74 bits per heavy atom. The first-order valence-electron chi connectivity index (χ1n) is 17.3. The average Bonchev–Trinajstić information content (AvgIpc) is 3.31. The van der Waals surface area contributed by atoms with Crippen LogP contribution in [0.3, 0.4) is 0 Å². The molecule has 2 aliphatic heterocycles. The van der Waals surface area contributed by atoms with Crippen LogP contribution in [0.1, 0.15) is 93.9 Å².